The van der Waals surface area contributed by atoms with E-state index >= 15 is 0 Å². The number of nitrogens with zero attached hydrogens (tertiary/aromatic N) is 1. The van der Waals surface area contributed by atoms with Gasteiger partial charge in [-0.2, -0.15) is 0 Å². The molecule has 2 atom stereocenters. The highest BCUT2D eigenvalue weighted by atomic mass is 28.3. The Balaban J connectivity index is 4.42. The largest absolute Gasteiger partial charge is 0.465 e. The molecule has 0 rings (SSSR count). The maximum absolute atomic E-state index is 12.4. The normalized spacial score (nSPS) is 13.1. The molecule has 0 unspecified atom stereocenters. The summed E-state index contributed by atoms with van der Waals surface area (Å²) in [4.78, 5) is 51.5. The van der Waals surface area contributed by atoms with Crippen molar-refractivity contribution in [3.05, 3.63) is 0 Å². The quantitative estimate of drug-likeness (QED) is 0.0395. The van der Waals surface area contributed by atoms with E-state index in [0.29, 0.717) is 85.3 Å². The number of carbonyl (C=O) groups is 4. The molecule has 0 aliphatic rings. The lowest BCUT2D eigenvalue weighted by atomic mass is 10.0. The molecule has 0 aromatic carbocycles. The summed E-state index contributed by atoms with van der Waals surface area (Å²) < 4.78 is 33.0. The Morgan fingerprint density at radius 2 is 0.983 bits per heavy atom. The molecule has 0 radical (unpaired) electrons. The third kappa shape index (κ3) is 38.4. The van der Waals surface area contributed by atoms with Crippen molar-refractivity contribution in [2.24, 2.45) is 11.5 Å². The Morgan fingerprint density at radius 3 is 1.48 bits per heavy atom. The first-order valence-corrected chi connectivity index (χ1v) is 29.6. The SMILES string of the molecule is CCCOCCOCCOCCOCCN(CCCCCCC(=O)CC[C@H](N)C(=O)OCC[Si](C)(C)C)CCCCCNC(=O)CC[C@H](N)C(=O)OCC[Si](C)(C)C. The summed E-state index contributed by atoms with van der Waals surface area (Å²) >= 11 is 0. The summed E-state index contributed by atoms with van der Waals surface area (Å²) in [6.45, 7) is 24.1. The number of ether oxygens (including phenoxy) is 6. The molecule has 0 heterocycles. The molecule has 0 aromatic heterocycles. The summed E-state index contributed by atoms with van der Waals surface area (Å²) in [6.07, 6.45) is 9.31. The van der Waals surface area contributed by atoms with Crippen molar-refractivity contribution in [2.45, 2.75) is 154 Å². The summed E-state index contributed by atoms with van der Waals surface area (Å²) in [6, 6.07) is 0.265. The highest BCUT2D eigenvalue weighted by Gasteiger charge is 2.20. The molecule has 0 aliphatic heterocycles. The maximum atomic E-state index is 12.4. The van der Waals surface area contributed by atoms with Crippen molar-refractivity contribution in [2.75, 3.05) is 92.2 Å². The van der Waals surface area contributed by atoms with E-state index in [1.165, 1.54) is 0 Å². The van der Waals surface area contributed by atoms with Crippen LogP contribution in [0.2, 0.25) is 51.4 Å². The highest BCUT2D eigenvalue weighted by molar-refractivity contribution is 6.76. The minimum atomic E-state index is -1.29. The fraction of sp³-hybridized carbons (Fsp3) is 0.905. The van der Waals surface area contributed by atoms with Crippen LogP contribution >= 0.6 is 0 Å². The van der Waals surface area contributed by atoms with Crippen LogP contribution in [0.1, 0.15) is 90.4 Å². The van der Waals surface area contributed by atoms with E-state index in [9.17, 15) is 19.2 Å². The number of amides is 1. The van der Waals surface area contributed by atoms with Crippen LogP contribution in [0.15, 0.2) is 0 Å². The number of esters is 2. The van der Waals surface area contributed by atoms with Crippen LogP contribution in [-0.2, 0) is 47.6 Å². The smallest absolute Gasteiger partial charge is 0.322 e. The molecule has 0 saturated heterocycles. The molecule has 58 heavy (non-hydrogen) atoms. The number of hydrogen-bond acceptors (Lipinski definition) is 13. The van der Waals surface area contributed by atoms with E-state index in [4.69, 9.17) is 39.9 Å². The summed E-state index contributed by atoms with van der Waals surface area (Å²) in [5.41, 5.74) is 11.9. The minimum absolute atomic E-state index is 0.101. The number of Topliss-reactive ketones (excluding diaryl/α,β-unsaturated/α-hetero) is 1. The summed E-state index contributed by atoms with van der Waals surface area (Å²) in [5, 5.41) is 2.95. The van der Waals surface area contributed by atoms with Crippen LogP contribution in [0, 0.1) is 0 Å². The topological polar surface area (TPSA) is 191 Å². The van der Waals surface area contributed by atoms with Crippen molar-refractivity contribution in [3.8, 4) is 0 Å². The van der Waals surface area contributed by atoms with Crippen LogP contribution in [-0.4, -0.2) is 149 Å². The molecular weight excluding hydrogens is 777 g/mol. The molecule has 5 N–H and O–H groups in total. The molecule has 0 saturated carbocycles. The second-order valence-electron chi connectivity index (χ2n) is 17.7. The molecule has 0 aliphatic carbocycles. The van der Waals surface area contributed by atoms with Gasteiger partial charge in [0.25, 0.3) is 0 Å². The van der Waals surface area contributed by atoms with Crippen LogP contribution < -0.4 is 16.8 Å². The van der Waals surface area contributed by atoms with Gasteiger partial charge in [0.1, 0.15) is 17.9 Å². The first-order chi connectivity index (χ1) is 27.5. The van der Waals surface area contributed by atoms with Crippen LogP contribution in [0.4, 0.5) is 0 Å². The van der Waals surface area contributed by atoms with Crippen LogP contribution in [0.5, 0.6) is 0 Å². The average molecular weight is 863 g/mol. The van der Waals surface area contributed by atoms with Gasteiger partial charge in [-0.25, -0.2) is 0 Å². The number of rotatable bonds is 41. The highest BCUT2D eigenvalue weighted by Crippen LogP contribution is 2.12. The first kappa shape index (κ1) is 56.2. The van der Waals surface area contributed by atoms with Crippen molar-refractivity contribution < 1.29 is 47.6 Å². The Morgan fingerprint density at radius 1 is 0.534 bits per heavy atom. The molecule has 0 fully saturated rings. The van der Waals surface area contributed by atoms with Crippen molar-refractivity contribution in [1.29, 1.82) is 0 Å². The number of unbranched alkanes of at least 4 members (excludes halogenated alkanes) is 5. The van der Waals surface area contributed by atoms with E-state index < -0.39 is 40.2 Å². The van der Waals surface area contributed by atoms with Gasteiger partial charge in [-0.1, -0.05) is 65.5 Å². The van der Waals surface area contributed by atoms with E-state index in [2.05, 4.69) is 56.4 Å². The van der Waals surface area contributed by atoms with Crippen molar-refractivity contribution in [1.82, 2.24) is 10.2 Å². The van der Waals surface area contributed by atoms with Gasteiger partial charge in [-0.3, -0.25) is 19.2 Å². The zero-order valence-electron chi connectivity index (χ0n) is 37.8. The van der Waals surface area contributed by atoms with E-state index in [-0.39, 0.29) is 24.5 Å². The van der Waals surface area contributed by atoms with Gasteiger partial charge in [-0.15, -0.1) is 0 Å². The number of hydrogen-bond donors (Lipinski definition) is 3. The Labute approximate surface area is 354 Å². The number of nitrogens with two attached hydrogens (primary N) is 2. The number of nitrogens with one attached hydrogen (secondary N) is 1. The monoisotopic (exact) mass is 863 g/mol. The van der Waals surface area contributed by atoms with Crippen LogP contribution in [0.3, 0.4) is 0 Å². The Bertz CT molecular complexity index is 996. The molecule has 16 heteroatoms. The second-order valence-corrected chi connectivity index (χ2v) is 28.9. The second kappa shape index (κ2) is 35.9. The van der Waals surface area contributed by atoms with Gasteiger partial charge < -0.3 is 50.1 Å². The maximum Gasteiger partial charge on any atom is 0.322 e. The summed E-state index contributed by atoms with van der Waals surface area (Å²) in [7, 11) is -2.58. The van der Waals surface area contributed by atoms with E-state index in [0.717, 1.165) is 89.7 Å². The lowest BCUT2D eigenvalue weighted by Crippen LogP contribution is -2.35. The van der Waals surface area contributed by atoms with Crippen molar-refractivity contribution in [3.63, 3.8) is 0 Å². The van der Waals surface area contributed by atoms with E-state index in [1.54, 1.807) is 0 Å². The van der Waals surface area contributed by atoms with Gasteiger partial charge in [0.05, 0.1) is 59.5 Å². The fourth-order valence-corrected chi connectivity index (χ4v) is 6.92. The number of ketones is 1. The first-order valence-electron chi connectivity index (χ1n) is 22.2. The lowest BCUT2D eigenvalue weighted by molar-refractivity contribution is -0.145. The zero-order chi connectivity index (χ0) is 43.5. The lowest BCUT2D eigenvalue weighted by Gasteiger charge is -2.22. The Kier molecular flexibility index (Phi) is 34.8. The standard InChI is InChI=1S/C42H86N4O10Si2/c1-8-25-51-27-29-53-31-32-54-30-28-52-26-24-46(22-14-10-9-12-16-37(47)17-18-38(43)41(49)55-33-35-57(2,3)4)23-15-11-13-21-45-40(48)20-19-39(44)42(50)56-34-36-58(5,6)7/h38-39H,8-36,43-44H2,1-7H3,(H,45,48)/t38-,39-/m0/s1. The molecular formula is C42H86N4O10Si2. The predicted molar refractivity (Wildman–Crippen MR) is 238 cm³/mol. The molecule has 342 valence electrons. The zero-order valence-corrected chi connectivity index (χ0v) is 39.8. The Hall–Kier alpha value is -1.77. The molecule has 0 aromatic rings. The van der Waals surface area contributed by atoms with Crippen LogP contribution in [0.25, 0.3) is 0 Å². The van der Waals surface area contributed by atoms with Gasteiger partial charge in [0, 0.05) is 55.1 Å². The molecule has 0 spiro atoms. The number of carbonyl (C=O) groups excluding carboxylic acids is 4. The van der Waals surface area contributed by atoms with Gasteiger partial charge in [-0.05, 0) is 70.1 Å². The van der Waals surface area contributed by atoms with Crippen molar-refractivity contribution >= 4 is 39.8 Å². The average Bonchev–Trinajstić information content (AvgIpc) is 3.15. The van der Waals surface area contributed by atoms with Gasteiger partial charge >= 0.3 is 11.9 Å². The van der Waals surface area contributed by atoms with Gasteiger partial charge in [0.2, 0.25) is 5.91 Å². The summed E-state index contributed by atoms with van der Waals surface area (Å²) in [5.74, 6) is -0.802. The minimum Gasteiger partial charge on any atom is -0.465 e. The predicted octanol–water partition coefficient (Wildman–Crippen LogP) is 5.55. The molecule has 0 bridgehead atoms. The third-order valence-electron chi connectivity index (χ3n) is 9.38. The fourth-order valence-electron chi connectivity index (χ4n) is 5.49. The van der Waals surface area contributed by atoms with Gasteiger partial charge in [0.15, 0.2) is 0 Å². The van der Waals surface area contributed by atoms with E-state index in [1.807, 2.05) is 0 Å². The molecule has 1 amide bonds. The third-order valence-corrected chi connectivity index (χ3v) is 12.8. The molecule has 14 nitrogen and oxygen atoms in total.